The molecule has 0 aliphatic heterocycles. The molecule has 0 saturated carbocycles. The lowest BCUT2D eigenvalue weighted by Crippen LogP contribution is -2.45. The third-order valence-corrected chi connectivity index (χ3v) is 4.12. The van der Waals surface area contributed by atoms with Gasteiger partial charge in [-0.05, 0) is 31.9 Å². The maximum Gasteiger partial charge on any atom is 0.333 e. The number of aromatic nitrogens is 1. The third kappa shape index (κ3) is 5.75. The van der Waals surface area contributed by atoms with Crippen molar-refractivity contribution >= 4 is 17.8 Å². The molecule has 0 aliphatic carbocycles. The van der Waals surface area contributed by atoms with Crippen molar-refractivity contribution in [3.8, 4) is 0 Å². The molecule has 26 heavy (non-hydrogen) atoms. The lowest BCUT2D eigenvalue weighted by Gasteiger charge is -2.29. The van der Waals surface area contributed by atoms with Crippen LogP contribution in [0.4, 0.5) is 0 Å². The first-order valence-corrected chi connectivity index (χ1v) is 8.69. The predicted molar refractivity (Wildman–Crippen MR) is 99.5 cm³/mol. The van der Waals surface area contributed by atoms with Crippen LogP contribution < -0.4 is 5.32 Å². The predicted octanol–water partition coefficient (Wildman–Crippen LogP) is 1.75. The molecule has 0 fully saturated rings. The van der Waals surface area contributed by atoms with Crippen LogP contribution in [0, 0.1) is 5.92 Å². The zero-order valence-corrected chi connectivity index (χ0v) is 16.4. The number of likely N-dealkylation sites (N-methyl/N-ethyl adjacent to an activating group) is 1. The van der Waals surface area contributed by atoms with Gasteiger partial charge in [0.1, 0.15) is 5.69 Å². The summed E-state index contributed by atoms with van der Waals surface area (Å²) in [5.74, 6) is -0.842. The average Bonchev–Trinajstić information content (AvgIpc) is 3.02. The molecule has 144 valence electrons. The van der Waals surface area contributed by atoms with Gasteiger partial charge in [0.15, 0.2) is 0 Å². The van der Waals surface area contributed by atoms with Crippen LogP contribution in [0.25, 0.3) is 0 Å². The monoisotopic (exact) mass is 363 g/mol. The van der Waals surface area contributed by atoms with Crippen molar-refractivity contribution in [2.45, 2.75) is 33.7 Å². The number of ether oxygens (including phenoxy) is 1. The summed E-state index contributed by atoms with van der Waals surface area (Å²) < 4.78 is 6.67. The molecule has 0 spiro atoms. The summed E-state index contributed by atoms with van der Waals surface area (Å²) in [7, 11) is 3.43. The maximum absolute atomic E-state index is 12.5. The average molecular weight is 363 g/mol. The minimum atomic E-state index is -0.393. The Kier molecular flexibility index (Phi) is 8.09. The van der Waals surface area contributed by atoms with Crippen molar-refractivity contribution in [1.29, 1.82) is 0 Å². The van der Waals surface area contributed by atoms with Crippen molar-refractivity contribution in [2.75, 3.05) is 20.2 Å². The van der Waals surface area contributed by atoms with Crippen LogP contribution in [0.1, 0.15) is 38.2 Å². The summed E-state index contributed by atoms with van der Waals surface area (Å²) in [5.41, 5.74) is 0.942. The Bertz CT molecular complexity index is 676. The molecular weight excluding hydrogens is 334 g/mol. The first-order valence-electron chi connectivity index (χ1n) is 8.69. The SMILES string of the molecule is CCOC(=O)C(C)=C[C@H](C(C)C)N(C)C(=O)CNC(=O)c1cccn1C. The number of hydrogen-bond donors (Lipinski definition) is 1. The van der Waals surface area contributed by atoms with Crippen LogP contribution in [0.3, 0.4) is 0 Å². The molecule has 0 bridgehead atoms. The molecule has 1 aromatic rings. The van der Waals surface area contributed by atoms with E-state index in [-0.39, 0.29) is 30.3 Å². The maximum atomic E-state index is 12.5. The van der Waals surface area contributed by atoms with E-state index in [9.17, 15) is 14.4 Å². The van der Waals surface area contributed by atoms with Gasteiger partial charge in [-0.1, -0.05) is 19.9 Å². The fourth-order valence-electron chi connectivity index (χ4n) is 2.56. The molecule has 0 aromatic carbocycles. The minimum absolute atomic E-state index is 0.0944. The van der Waals surface area contributed by atoms with E-state index in [1.165, 1.54) is 0 Å². The van der Waals surface area contributed by atoms with E-state index in [1.807, 2.05) is 13.8 Å². The Balaban J connectivity index is 2.76. The van der Waals surface area contributed by atoms with E-state index in [0.717, 1.165) is 0 Å². The highest BCUT2D eigenvalue weighted by molar-refractivity contribution is 5.95. The summed E-state index contributed by atoms with van der Waals surface area (Å²) in [6.07, 6.45) is 3.50. The van der Waals surface area contributed by atoms with Gasteiger partial charge < -0.3 is 19.5 Å². The quantitative estimate of drug-likeness (QED) is 0.564. The minimum Gasteiger partial charge on any atom is -0.463 e. The van der Waals surface area contributed by atoms with Crippen LogP contribution in [0.2, 0.25) is 0 Å². The summed E-state index contributed by atoms with van der Waals surface area (Å²) in [4.78, 5) is 38.0. The number of esters is 1. The van der Waals surface area contributed by atoms with Gasteiger partial charge in [-0.2, -0.15) is 0 Å². The van der Waals surface area contributed by atoms with E-state index in [1.54, 1.807) is 61.8 Å². The zero-order chi connectivity index (χ0) is 19.9. The molecule has 0 unspecified atom stereocenters. The molecule has 0 saturated heterocycles. The molecule has 1 aromatic heterocycles. The number of hydrogen-bond acceptors (Lipinski definition) is 4. The van der Waals surface area contributed by atoms with E-state index in [4.69, 9.17) is 4.74 Å². The number of rotatable bonds is 8. The zero-order valence-electron chi connectivity index (χ0n) is 16.4. The molecule has 7 nitrogen and oxygen atoms in total. The van der Waals surface area contributed by atoms with Gasteiger partial charge in [0, 0.05) is 25.9 Å². The number of carbonyl (C=O) groups is 3. The van der Waals surface area contributed by atoms with Crippen LogP contribution in [-0.4, -0.2) is 53.5 Å². The van der Waals surface area contributed by atoms with E-state index in [2.05, 4.69) is 5.32 Å². The Labute approximate surface area is 155 Å². The van der Waals surface area contributed by atoms with Gasteiger partial charge in [-0.15, -0.1) is 0 Å². The Morgan fingerprint density at radius 2 is 2.00 bits per heavy atom. The number of nitrogens with one attached hydrogen (secondary N) is 1. The highest BCUT2D eigenvalue weighted by atomic mass is 16.5. The molecule has 0 aliphatic rings. The van der Waals surface area contributed by atoms with Crippen LogP contribution in [-0.2, 0) is 21.4 Å². The van der Waals surface area contributed by atoms with E-state index >= 15 is 0 Å². The number of nitrogens with zero attached hydrogens (tertiary/aromatic N) is 2. The fourth-order valence-corrected chi connectivity index (χ4v) is 2.56. The fraction of sp³-hybridized carbons (Fsp3) is 0.526. The lowest BCUT2D eigenvalue weighted by molar-refractivity contribution is -0.138. The van der Waals surface area contributed by atoms with Crippen LogP contribution in [0.15, 0.2) is 30.0 Å². The number of carbonyl (C=O) groups excluding carboxylic acids is 3. The number of aryl methyl sites for hydroxylation is 1. The second-order valence-corrected chi connectivity index (χ2v) is 6.50. The Morgan fingerprint density at radius 3 is 2.50 bits per heavy atom. The van der Waals surface area contributed by atoms with Gasteiger partial charge in [-0.25, -0.2) is 4.79 Å². The highest BCUT2D eigenvalue weighted by Gasteiger charge is 2.23. The molecule has 1 atom stereocenters. The lowest BCUT2D eigenvalue weighted by atomic mass is 10.00. The van der Waals surface area contributed by atoms with Gasteiger partial charge in [0.2, 0.25) is 5.91 Å². The van der Waals surface area contributed by atoms with Gasteiger partial charge >= 0.3 is 5.97 Å². The molecule has 1 rings (SSSR count). The second kappa shape index (κ2) is 9.79. The summed E-state index contributed by atoms with van der Waals surface area (Å²) in [6, 6.07) is 3.17. The van der Waals surface area contributed by atoms with Crippen molar-refractivity contribution in [3.05, 3.63) is 35.7 Å². The molecule has 1 N–H and O–H groups in total. The Hall–Kier alpha value is -2.57. The second-order valence-electron chi connectivity index (χ2n) is 6.50. The van der Waals surface area contributed by atoms with Crippen molar-refractivity contribution < 1.29 is 19.1 Å². The van der Waals surface area contributed by atoms with Gasteiger partial charge in [0.05, 0.1) is 19.2 Å². The Morgan fingerprint density at radius 1 is 1.35 bits per heavy atom. The van der Waals surface area contributed by atoms with Crippen molar-refractivity contribution in [1.82, 2.24) is 14.8 Å². The standard InChI is InChI=1S/C19H29N3O4/c1-7-26-19(25)14(4)11-16(13(2)3)22(6)17(23)12-20-18(24)15-9-8-10-21(15)5/h8-11,13,16H,7,12H2,1-6H3,(H,20,24)/t16-/m1/s1. The molecule has 7 heteroatoms. The van der Waals surface area contributed by atoms with Gasteiger partial charge in [-0.3, -0.25) is 9.59 Å². The molecule has 1 heterocycles. The number of amides is 2. The first kappa shape index (κ1) is 21.5. The molecule has 2 amide bonds. The van der Waals surface area contributed by atoms with Crippen LogP contribution in [0.5, 0.6) is 0 Å². The van der Waals surface area contributed by atoms with E-state index in [0.29, 0.717) is 17.9 Å². The first-order chi connectivity index (χ1) is 12.2. The normalized spacial score (nSPS) is 12.7. The summed E-state index contributed by atoms with van der Waals surface area (Å²) in [6.45, 7) is 7.53. The topological polar surface area (TPSA) is 80.6 Å². The third-order valence-electron chi connectivity index (χ3n) is 4.12. The summed E-state index contributed by atoms with van der Waals surface area (Å²) in [5, 5.41) is 2.63. The van der Waals surface area contributed by atoms with Crippen LogP contribution >= 0.6 is 0 Å². The van der Waals surface area contributed by atoms with Crippen molar-refractivity contribution in [3.63, 3.8) is 0 Å². The molecule has 0 radical (unpaired) electrons. The van der Waals surface area contributed by atoms with Crippen molar-refractivity contribution in [2.24, 2.45) is 13.0 Å². The largest absolute Gasteiger partial charge is 0.463 e. The van der Waals surface area contributed by atoms with Gasteiger partial charge in [0.25, 0.3) is 5.91 Å². The van der Waals surface area contributed by atoms with E-state index < -0.39 is 5.97 Å². The smallest absolute Gasteiger partial charge is 0.333 e. The molecular formula is C19H29N3O4. The summed E-state index contributed by atoms with van der Waals surface area (Å²) >= 11 is 0. The highest BCUT2D eigenvalue weighted by Crippen LogP contribution is 2.14.